The highest BCUT2D eigenvalue weighted by Crippen LogP contribution is 2.24. The SMILES string of the molecule is CCNC(=NCc1cccc(C)c1)NCC1CCCC1O. The van der Waals surface area contributed by atoms with Gasteiger partial charge >= 0.3 is 0 Å². The van der Waals surface area contributed by atoms with Crippen LogP contribution in [0, 0.1) is 12.8 Å². The molecule has 2 rings (SSSR count). The van der Waals surface area contributed by atoms with Crippen LogP contribution in [0.4, 0.5) is 0 Å². The van der Waals surface area contributed by atoms with Crippen molar-refractivity contribution in [3.63, 3.8) is 0 Å². The fourth-order valence-corrected chi connectivity index (χ4v) is 2.81. The molecule has 2 unspecified atom stereocenters. The van der Waals surface area contributed by atoms with Gasteiger partial charge < -0.3 is 15.7 Å². The number of aryl methyl sites for hydroxylation is 1. The van der Waals surface area contributed by atoms with Gasteiger partial charge in [0.15, 0.2) is 5.96 Å². The van der Waals surface area contributed by atoms with Crippen molar-refractivity contribution >= 4 is 5.96 Å². The Morgan fingerprint density at radius 1 is 1.33 bits per heavy atom. The second kappa shape index (κ2) is 8.03. The lowest BCUT2D eigenvalue weighted by Crippen LogP contribution is -2.41. The zero-order valence-corrected chi connectivity index (χ0v) is 13.1. The average Bonchev–Trinajstić information content (AvgIpc) is 2.87. The minimum Gasteiger partial charge on any atom is -0.393 e. The summed E-state index contributed by atoms with van der Waals surface area (Å²) in [7, 11) is 0. The second-order valence-corrected chi connectivity index (χ2v) is 5.82. The van der Waals surface area contributed by atoms with Crippen LogP contribution in [0.15, 0.2) is 29.3 Å². The molecule has 1 saturated carbocycles. The molecule has 0 spiro atoms. The summed E-state index contributed by atoms with van der Waals surface area (Å²) >= 11 is 0. The maximum atomic E-state index is 9.87. The molecule has 2 atom stereocenters. The summed E-state index contributed by atoms with van der Waals surface area (Å²) in [6.45, 7) is 6.46. The fourth-order valence-electron chi connectivity index (χ4n) is 2.81. The predicted molar refractivity (Wildman–Crippen MR) is 87.3 cm³/mol. The molecule has 4 nitrogen and oxygen atoms in total. The number of benzene rings is 1. The predicted octanol–water partition coefficient (Wildman–Crippen LogP) is 2.21. The van der Waals surface area contributed by atoms with E-state index in [1.807, 2.05) is 0 Å². The molecule has 1 aliphatic carbocycles. The Labute approximate surface area is 127 Å². The lowest BCUT2D eigenvalue weighted by molar-refractivity contribution is 0.134. The van der Waals surface area contributed by atoms with E-state index in [0.717, 1.165) is 38.3 Å². The van der Waals surface area contributed by atoms with E-state index < -0.39 is 0 Å². The number of aliphatic hydroxyl groups excluding tert-OH is 1. The Morgan fingerprint density at radius 3 is 2.86 bits per heavy atom. The van der Waals surface area contributed by atoms with Crippen molar-refractivity contribution in [1.82, 2.24) is 10.6 Å². The summed E-state index contributed by atoms with van der Waals surface area (Å²) < 4.78 is 0. The summed E-state index contributed by atoms with van der Waals surface area (Å²) in [5.41, 5.74) is 2.47. The van der Waals surface area contributed by atoms with E-state index in [1.54, 1.807) is 0 Å². The van der Waals surface area contributed by atoms with Crippen LogP contribution in [0.1, 0.15) is 37.3 Å². The van der Waals surface area contributed by atoms with E-state index in [1.165, 1.54) is 11.1 Å². The van der Waals surface area contributed by atoms with E-state index in [2.05, 4.69) is 53.7 Å². The Bertz CT molecular complexity index is 473. The number of hydrogen-bond donors (Lipinski definition) is 3. The van der Waals surface area contributed by atoms with Crippen molar-refractivity contribution < 1.29 is 5.11 Å². The van der Waals surface area contributed by atoms with Crippen molar-refractivity contribution in [2.24, 2.45) is 10.9 Å². The molecule has 4 heteroatoms. The number of aliphatic hydroxyl groups is 1. The van der Waals surface area contributed by atoms with Gasteiger partial charge in [0.1, 0.15) is 0 Å². The monoisotopic (exact) mass is 289 g/mol. The van der Waals surface area contributed by atoms with Crippen LogP contribution in [-0.2, 0) is 6.54 Å². The molecule has 0 aromatic heterocycles. The Hall–Kier alpha value is -1.55. The van der Waals surface area contributed by atoms with Gasteiger partial charge in [-0.25, -0.2) is 4.99 Å². The number of rotatable bonds is 5. The molecule has 21 heavy (non-hydrogen) atoms. The van der Waals surface area contributed by atoms with Crippen LogP contribution >= 0.6 is 0 Å². The van der Waals surface area contributed by atoms with E-state index in [4.69, 9.17) is 0 Å². The van der Waals surface area contributed by atoms with Gasteiger partial charge in [-0.05, 0) is 32.3 Å². The van der Waals surface area contributed by atoms with Crippen molar-refractivity contribution in [2.75, 3.05) is 13.1 Å². The summed E-state index contributed by atoms with van der Waals surface area (Å²) in [6, 6.07) is 8.42. The second-order valence-electron chi connectivity index (χ2n) is 5.82. The molecular formula is C17H27N3O. The van der Waals surface area contributed by atoms with E-state index in [0.29, 0.717) is 12.5 Å². The molecule has 1 aromatic carbocycles. The lowest BCUT2D eigenvalue weighted by Gasteiger charge is -2.17. The molecule has 1 aliphatic rings. The molecule has 0 saturated heterocycles. The molecule has 0 amide bonds. The van der Waals surface area contributed by atoms with Gasteiger partial charge in [0.25, 0.3) is 0 Å². The topological polar surface area (TPSA) is 56.7 Å². The zero-order chi connectivity index (χ0) is 15.1. The minimum absolute atomic E-state index is 0.155. The first-order chi connectivity index (χ1) is 10.2. The lowest BCUT2D eigenvalue weighted by atomic mass is 10.1. The van der Waals surface area contributed by atoms with Crippen molar-refractivity contribution in [2.45, 2.75) is 45.8 Å². The van der Waals surface area contributed by atoms with E-state index in [9.17, 15) is 5.11 Å². The van der Waals surface area contributed by atoms with Crippen LogP contribution in [-0.4, -0.2) is 30.3 Å². The molecule has 0 radical (unpaired) electrons. The normalized spacial score (nSPS) is 22.3. The largest absolute Gasteiger partial charge is 0.393 e. The molecule has 0 bridgehead atoms. The van der Waals surface area contributed by atoms with Crippen molar-refractivity contribution in [1.29, 1.82) is 0 Å². The standard InChI is InChI=1S/C17H27N3O/c1-3-18-17(20-12-15-8-5-9-16(15)21)19-11-14-7-4-6-13(2)10-14/h4,6-7,10,15-16,21H,3,5,8-9,11-12H2,1-2H3,(H2,18,19,20). The van der Waals surface area contributed by atoms with Gasteiger partial charge in [0.2, 0.25) is 0 Å². The van der Waals surface area contributed by atoms with Crippen LogP contribution in [0.3, 0.4) is 0 Å². The number of nitrogens with one attached hydrogen (secondary N) is 2. The zero-order valence-electron chi connectivity index (χ0n) is 13.1. The maximum Gasteiger partial charge on any atom is 0.191 e. The van der Waals surface area contributed by atoms with Crippen LogP contribution in [0.5, 0.6) is 0 Å². The summed E-state index contributed by atoms with van der Waals surface area (Å²) in [4.78, 5) is 4.62. The van der Waals surface area contributed by atoms with Gasteiger partial charge in [-0.3, -0.25) is 0 Å². The molecule has 116 valence electrons. The molecule has 0 heterocycles. The van der Waals surface area contributed by atoms with E-state index >= 15 is 0 Å². The van der Waals surface area contributed by atoms with Gasteiger partial charge in [-0.1, -0.05) is 36.2 Å². The summed E-state index contributed by atoms with van der Waals surface area (Å²) in [5, 5.41) is 16.5. The van der Waals surface area contributed by atoms with Crippen LogP contribution in [0.2, 0.25) is 0 Å². The van der Waals surface area contributed by atoms with Crippen molar-refractivity contribution in [3.05, 3.63) is 35.4 Å². The fraction of sp³-hybridized carbons (Fsp3) is 0.588. The van der Waals surface area contributed by atoms with Gasteiger partial charge in [-0.15, -0.1) is 0 Å². The Balaban J connectivity index is 1.89. The Morgan fingerprint density at radius 2 is 2.19 bits per heavy atom. The third kappa shape index (κ3) is 5.05. The molecule has 1 fully saturated rings. The molecular weight excluding hydrogens is 262 g/mol. The van der Waals surface area contributed by atoms with Gasteiger partial charge in [-0.2, -0.15) is 0 Å². The quantitative estimate of drug-likeness (QED) is 0.575. The first kappa shape index (κ1) is 15.8. The first-order valence-electron chi connectivity index (χ1n) is 7.95. The summed E-state index contributed by atoms with van der Waals surface area (Å²) in [6.07, 6.45) is 3.01. The summed E-state index contributed by atoms with van der Waals surface area (Å²) in [5.74, 6) is 1.19. The Kier molecular flexibility index (Phi) is 6.05. The van der Waals surface area contributed by atoms with Gasteiger partial charge in [0.05, 0.1) is 12.6 Å². The third-order valence-electron chi connectivity index (χ3n) is 4.00. The highest BCUT2D eigenvalue weighted by Gasteiger charge is 2.24. The molecule has 3 N–H and O–H groups in total. The van der Waals surface area contributed by atoms with Gasteiger partial charge in [0, 0.05) is 19.0 Å². The van der Waals surface area contributed by atoms with Crippen LogP contribution < -0.4 is 10.6 Å². The number of guanidine groups is 1. The molecule has 1 aromatic rings. The highest BCUT2D eigenvalue weighted by molar-refractivity contribution is 5.79. The number of aliphatic imine (C=N–C) groups is 1. The maximum absolute atomic E-state index is 9.87. The highest BCUT2D eigenvalue weighted by atomic mass is 16.3. The smallest absolute Gasteiger partial charge is 0.191 e. The van der Waals surface area contributed by atoms with Crippen molar-refractivity contribution in [3.8, 4) is 0 Å². The molecule has 0 aliphatic heterocycles. The van der Waals surface area contributed by atoms with Crippen LogP contribution in [0.25, 0.3) is 0 Å². The number of hydrogen-bond acceptors (Lipinski definition) is 2. The number of nitrogens with zero attached hydrogens (tertiary/aromatic N) is 1. The first-order valence-corrected chi connectivity index (χ1v) is 7.95. The minimum atomic E-state index is -0.155. The van der Waals surface area contributed by atoms with E-state index in [-0.39, 0.29) is 6.10 Å². The third-order valence-corrected chi connectivity index (χ3v) is 4.00. The average molecular weight is 289 g/mol.